The summed E-state index contributed by atoms with van der Waals surface area (Å²) >= 11 is 0. The Morgan fingerprint density at radius 3 is 2.43 bits per heavy atom. The first-order valence-electron chi connectivity index (χ1n) is 16.1. The topological polar surface area (TPSA) is 191 Å². The lowest BCUT2D eigenvalue weighted by molar-refractivity contribution is -0.136. The van der Waals surface area contributed by atoms with E-state index in [1.165, 1.54) is 6.08 Å². The van der Waals surface area contributed by atoms with Crippen LogP contribution in [0.2, 0.25) is 0 Å². The zero-order valence-electron chi connectivity index (χ0n) is 26.3. The average molecular weight is 690 g/mol. The molecule has 4 aliphatic carbocycles. The molecule has 3 fully saturated rings. The third-order valence-corrected chi connectivity index (χ3v) is 11.4. The summed E-state index contributed by atoms with van der Waals surface area (Å²) < 4.78 is 38.2. The number of rotatable bonds is 6. The van der Waals surface area contributed by atoms with Gasteiger partial charge in [-0.1, -0.05) is 35.5 Å². The molecule has 3 saturated carbocycles. The van der Waals surface area contributed by atoms with Crippen molar-refractivity contribution in [1.29, 1.82) is 0 Å². The summed E-state index contributed by atoms with van der Waals surface area (Å²) in [5, 5.41) is 6.66. The van der Waals surface area contributed by atoms with E-state index in [1.807, 2.05) is 42.5 Å². The quantitative estimate of drug-likeness (QED) is 0.281. The van der Waals surface area contributed by atoms with E-state index in [0.29, 0.717) is 24.3 Å². The van der Waals surface area contributed by atoms with E-state index < -0.39 is 68.5 Å². The van der Waals surface area contributed by atoms with Crippen molar-refractivity contribution in [1.82, 2.24) is 20.9 Å². The van der Waals surface area contributed by atoms with Gasteiger partial charge in [0.1, 0.15) is 36.3 Å². The Bertz CT molecular complexity index is 1910. The van der Waals surface area contributed by atoms with Crippen LogP contribution in [0.25, 0.3) is 11.1 Å². The lowest BCUT2D eigenvalue weighted by atomic mass is 9.94. The Labute approximate surface area is 282 Å². The SMILES string of the molecule is C=C[C@H]1C[C@@]1(NC(=O)C1C[C@@H]2C[C@H]1C(=O)NNC(=O)OC/C=C/COc1ccc3c(c1)/C(=N\O2)c1ccccc1-3)C(=O)NS(=O)(=O)C1CC1. The number of nitrogens with one attached hydrogen (secondary N) is 4. The number of nitrogens with zero attached hydrogens (tertiary/aromatic N) is 1. The normalized spacial score (nSPS) is 29.3. The van der Waals surface area contributed by atoms with Crippen LogP contribution in [0.15, 0.2) is 72.4 Å². The highest BCUT2D eigenvalue weighted by atomic mass is 32.2. The van der Waals surface area contributed by atoms with E-state index in [0.717, 1.165) is 22.3 Å². The molecule has 4 amide bonds. The van der Waals surface area contributed by atoms with Gasteiger partial charge in [-0.25, -0.2) is 18.6 Å². The standard InChI is InChI=1S/C34H35N5O9S/c1-2-19-18-34(19,32(42)39-49(44,45)22-10-11-22)35-30(40)27-16-21-17-28(27)31(41)36-37-33(43)47-14-6-5-13-46-20-9-12-24-23-7-3-4-8-25(23)29(38-48-21)26(24)15-20/h2-9,12,15,19,21-22,27-28H,1,10-11,13-14,16-18H2,(H,35,40)(H,36,41)(H,37,43)(H,39,42)/b6-5+,38-29-/t19-,21+,27?,28+,34-/m0/s1. The second-order valence-electron chi connectivity index (χ2n) is 12.8. The summed E-state index contributed by atoms with van der Waals surface area (Å²) in [5.74, 6) is -4.10. The van der Waals surface area contributed by atoms with E-state index in [9.17, 15) is 27.6 Å². The monoisotopic (exact) mass is 689 g/mol. The smallest absolute Gasteiger partial charge is 0.426 e. The van der Waals surface area contributed by atoms with Crippen LogP contribution in [0.3, 0.4) is 0 Å². The van der Waals surface area contributed by atoms with E-state index in [4.69, 9.17) is 14.3 Å². The molecule has 49 heavy (non-hydrogen) atoms. The number of hydrogen-bond acceptors (Lipinski definition) is 10. The Hall–Kier alpha value is -5.18. The Morgan fingerprint density at radius 1 is 0.959 bits per heavy atom. The summed E-state index contributed by atoms with van der Waals surface area (Å²) in [6.07, 6.45) is 4.32. The molecule has 1 heterocycles. The van der Waals surface area contributed by atoms with Gasteiger partial charge < -0.3 is 19.6 Å². The van der Waals surface area contributed by atoms with Crippen LogP contribution < -0.4 is 25.6 Å². The lowest BCUT2D eigenvalue weighted by Gasteiger charge is -2.23. The van der Waals surface area contributed by atoms with Gasteiger partial charge in [0.2, 0.25) is 21.8 Å². The fourth-order valence-corrected chi connectivity index (χ4v) is 8.03. The molecule has 2 aromatic rings. The van der Waals surface area contributed by atoms with Crippen molar-refractivity contribution in [2.45, 2.75) is 49.0 Å². The molecule has 0 saturated heterocycles. The Kier molecular flexibility index (Phi) is 8.38. The third-order valence-electron chi connectivity index (χ3n) is 9.56. The molecule has 0 spiro atoms. The Balaban J connectivity index is 1.16. The van der Waals surface area contributed by atoms with Crippen LogP contribution in [-0.4, -0.2) is 68.1 Å². The fraction of sp³-hybridized carbons (Fsp3) is 0.382. The van der Waals surface area contributed by atoms with Crippen molar-refractivity contribution < 1.29 is 41.9 Å². The maximum atomic E-state index is 13.9. The molecule has 2 aromatic carbocycles. The van der Waals surface area contributed by atoms with Gasteiger partial charge in [-0.15, -0.1) is 6.58 Å². The highest BCUT2D eigenvalue weighted by Crippen LogP contribution is 2.46. The molecule has 14 nitrogen and oxygen atoms in total. The summed E-state index contributed by atoms with van der Waals surface area (Å²) in [7, 11) is -3.88. The van der Waals surface area contributed by atoms with Gasteiger partial charge >= 0.3 is 6.09 Å². The predicted octanol–water partition coefficient (Wildman–Crippen LogP) is 2.21. The first-order valence-corrected chi connectivity index (χ1v) is 17.6. The van der Waals surface area contributed by atoms with Gasteiger partial charge in [0, 0.05) is 17.0 Å². The molecule has 0 radical (unpaired) electrons. The molecule has 256 valence electrons. The van der Waals surface area contributed by atoms with Gasteiger partial charge in [-0.2, -0.15) is 0 Å². The second-order valence-corrected chi connectivity index (χ2v) is 14.7. The zero-order valence-corrected chi connectivity index (χ0v) is 27.2. The number of ether oxygens (including phenoxy) is 2. The predicted molar refractivity (Wildman–Crippen MR) is 175 cm³/mol. The molecule has 7 rings (SSSR count). The number of amides is 4. The van der Waals surface area contributed by atoms with Crippen LogP contribution in [-0.2, 0) is 34.0 Å². The molecule has 5 atom stereocenters. The van der Waals surface area contributed by atoms with Crippen LogP contribution >= 0.6 is 0 Å². The first-order chi connectivity index (χ1) is 23.6. The largest absolute Gasteiger partial charge is 0.490 e. The van der Waals surface area contributed by atoms with Crippen molar-refractivity contribution in [3.63, 3.8) is 0 Å². The fourth-order valence-electron chi connectivity index (χ4n) is 6.67. The minimum absolute atomic E-state index is 0.0461. The van der Waals surface area contributed by atoms with Crippen molar-refractivity contribution in [2.24, 2.45) is 22.9 Å². The maximum absolute atomic E-state index is 13.9. The highest BCUT2D eigenvalue weighted by molar-refractivity contribution is 7.91. The molecule has 1 unspecified atom stereocenters. The van der Waals surface area contributed by atoms with Gasteiger partial charge in [-0.3, -0.25) is 24.5 Å². The van der Waals surface area contributed by atoms with Gasteiger partial charge in [0.05, 0.1) is 17.1 Å². The van der Waals surface area contributed by atoms with Crippen LogP contribution in [0, 0.1) is 17.8 Å². The number of sulfonamides is 1. The highest BCUT2D eigenvalue weighted by Gasteiger charge is 2.62. The summed E-state index contributed by atoms with van der Waals surface area (Å²) in [4.78, 5) is 58.9. The van der Waals surface area contributed by atoms with E-state index >= 15 is 0 Å². The minimum Gasteiger partial charge on any atom is -0.490 e. The number of oxime groups is 1. The van der Waals surface area contributed by atoms with Crippen LogP contribution in [0.5, 0.6) is 5.75 Å². The maximum Gasteiger partial charge on any atom is 0.426 e. The van der Waals surface area contributed by atoms with Gasteiger partial charge in [0.15, 0.2) is 0 Å². The van der Waals surface area contributed by atoms with Crippen LogP contribution in [0.4, 0.5) is 4.79 Å². The van der Waals surface area contributed by atoms with Crippen molar-refractivity contribution in [2.75, 3.05) is 13.2 Å². The second kappa shape index (κ2) is 12.7. The zero-order chi connectivity index (χ0) is 34.3. The van der Waals surface area contributed by atoms with Crippen LogP contribution in [0.1, 0.15) is 43.2 Å². The molecule has 5 aliphatic rings. The lowest BCUT2D eigenvalue weighted by Crippen LogP contribution is -2.54. The van der Waals surface area contributed by atoms with Crippen molar-refractivity contribution in [3.8, 4) is 16.9 Å². The molecule has 4 bridgehead atoms. The number of carbonyl (C=O) groups is 4. The molecular weight excluding hydrogens is 654 g/mol. The number of fused-ring (bicyclic) bond motifs is 6. The summed E-state index contributed by atoms with van der Waals surface area (Å²) in [6.45, 7) is 3.86. The molecule has 15 heteroatoms. The number of benzene rings is 2. The van der Waals surface area contributed by atoms with E-state index in [2.05, 4.69) is 32.6 Å². The number of hydrogen-bond donors (Lipinski definition) is 4. The Morgan fingerprint density at radius 2 is 1.69 bits per heavy atom. The number of cyclic esters (lactones) is 1. The van der Waals surface area contributed by atoms with E-state index in [-0.39, 0.29) is 32.5 Å². The van der Waals surface area contributed by atoms with Crippen molar-refractivity contribution >= 4 is 39.5 Å². The molecular formula is C34H35N5O9S. The minimum atomic E-state index is -3.88. The van der Waals surface area contributed by atoms with Gasteiger partial charge in [-0.05, 0) is 73.6 Å². The summed E-state index contributed by atoms with van der Waals surface area (Å²) in [5.41, 5.74) is 7.10. The average Bonchev–Trinajstić information content (AvgIpc) is 4.00. The first kappa shape index (κ1) is 32.4. The van der Waals surface area contributed by atoms with Gasteiger partial charge in [0.25, 0.3) is 5.91 Å². The number of carbonyl (C=O) groups excluding carboxylic acids is 4. The third kappa shape index (κ3) is 6.37. The van der Waals surface area contributed by atoms with Crippen molar-refractivity contribution in [3.05, 3.63) is 78.4 Å². The molecule has 0 aromatic heterocycles. The number of hydrazine groups is 1. The molecule has 4 N–H and O–H groups in total. The summed E-state index contributed by atoms with van der Waals surface area (Å²) in [6, 6.07) is 13.4. The molecule has 1 aliphatic heterocycles. The van der Waals surface area contributed by atoms with E-state index in [1.54, 1.807) is 12.2 Å².